The zero-order valence-electron chi connectivity index (χ0n) is 30.0. The summed E-state index contributed by atoms with van der Waals surface area (Å²) in [7, 11) is 0. The lowest BCUT2D eigenvalue weighted by Crippen LogP contribution is -2.23. The highest BCUT2D eigenvalue weighted by Gasteiger charge is 2.48. The van der Waals surface area contributed by atoms with Crippen molar-refractivity contribution < 1.29 is 4.42 Å². The van der Waals surface area contributed by atoms with E-state index in [2.05, 4.69) is 129 Å². The van der Waals surface area contributed by atoms with Crippen LogP contribution in [0.5, 0.6) is 0 Å². The van der Waals surface area contributed by atoms with Crippen molar-refractivity contribution in [2.75, 3.05) is 0 Å². The molecule has 4 heteroatoms. The Hall–Kier alpha value is -6.65. The molecule has 256 valence electrons. The summed E-state index contributed by atoms with van der Waals surface area (Å²) in [6, 6.07) is 56.0. The molecular formula is C50H35N3O. The number of furan rings is 1. The lowest BCUT2D eigenvalue weighted by atomic mass is 9.68. The van der Waals surface area contributed by atoms with Crippen LogP contribution in [-0.2, 0) is 5.41 Å². The molecule has 11 rings (SSSR count). The van der Waals surface area contributed by atoms with E-state index in [-0.39, 0.29) is 17.3 Å². The van der Waals surface area contributed by atoms with Crippen LogP contribution in [-0.4, -0.2) is 15.0 Å². The van der Waals surface area contributed by atoms with Crippen molar-refractivity contribution in [2.45, 2.75) is 31.1 Å². The summed E-state index contributed by atoms with van der Waals surface area (Å²) in [5.74, 6) is 2.32. The van der Waals surface area contributed by atoms with Crippen LogP contribution in [0.1, 0.15) is 53.5 Å². The average molecular weight is 694 g/mol. The van der Waals surface area contributed by atoms with Crippen LogP contribution in [0.15, 0.2) is 168 Å². The maximum atomic E-state index is 6.27. The largest absolute Gasteiger partial charge is 0.456 e. The first-order valence-electron chi connectivity index (χ1n) is 18.7. The van der Waals surface area contributed by atoms with Gasteiger partial charge in [0.1, 0.15) is 11.2 Å². The Labute approximate surface area is 313 Å². The maximum absolute atomic E-state index is 6.27. The van der Waals surface area contributed by atoms with Crippen molar-refractivity contribution in [2.24, 2.45) is 0 Å². The molecule has 2 aliphatic rings. The highest BCUT2D eigenvalue weighted by atomic mass is 16.3. The summed E-state index contributed by atoms with van der Waals surface area (Å²) < 4.78 is 6.27. The Morgan fingerprint density at radius 1 is 0.519 bits per heavy atom. The van der Waals surface area contributed by atoms with Gasteiger partial charge in [-0.2, -0.15) is 0 Å². The molecule has 2 atom stereocenters. The fraction of sp³-hybridized carbons (Fsp3) is 0.100. The van der Waals surface area contributed by atoms with Gasteiger partial charge >= 0.3 is 0 Å². The highest BCUT2D eigenvalue weighted by molar-refractivity contribution is 6.11. The van der Waals surface area contributed by atoms with Gasteiger partial charge in [0.05, 0.1) is 0 Å². The van der Waals surface area contributed by atoms with E-state index >= 15 is 0 Å². The minimum Gasteiger partial charge on any atom is -0.456 e. The van der Waals surface area contributed by atoms with Gasteiger partial charge in [-0.15, -0.1) is 0 Å². The van der Waals surface area contributed by atoms with Crippen molar-refractivity contribution >= 4 is 38.8 Å². The number of allylic oxidation sites excluding steroid dienone is 1. The summed E-state index contributed by atoms with van der Waals surface area (Å²) in [4.78, 5) is 15.5. The highest BCUT2D eigenvalue weighted by Crippen LogP contribution is 2.60. The first-order chi connectivity index (χ1) is 26.5. The molecule has 0 amide bonds. The number of hydrogen-bond donors (Lipinski definition) is 0. The van der Waals surface area contributed by atoms with E-state index in [4.69, 9.17) is 19.4 Å². The van der Waals surface area contributed by atoms with E-state index in [1.165, 1.54) is 44.2 Å². The van der Waals surface area contributed by atoms with Gasteiger partial charge in [-0.05, 0) is 56.8 Å². The fourth-order valence-corrected chi connectivity index (χ4v) is 9.20. The Kier molecular flexibility index (Phi) is 6.69. The number of hydrogen-bond acceptors (Lipinski definition) is 4. The summed E-state index contributed by atoms with van der Waals surface area (Å²) in [5, 5.41) is 4.59. The van der Waals surface area contributed by atoms with Crippen LogP contribution < -0.4 is 0 Å². The summed E-state index contributed by atoms with van der Waals surface area (Å²) in [6.07, 6.45) is 2.46. The average Bonchev–Trinajstić information content (AvgIpc) is 3.71. The van der Waals surface area contributed by atoms with Crippen LogP contribution in [0.3, 0.4) is 0 Å². The van der Waals surface area contributed by atoms with E-state index in [0.29, 0.717) is 17.5 Å². The molecule has 7 aromatic carbocycles. The van der Waals surface area contributed by atoms with E-state index in [1.54, 1.807) is 0 Å². The molecule has 2 heterocycles. The molecule has 4 nitrogen and oxygen atoms in total. The van der Waals surface area contributed by atoms with Gasteiger partial charge < -0.3 is 4.42 Å². The second-order valence-corrected chi connectivity index (χ2v) is 15.2. The van der Waals surface area contributed by atoms with E-state index in [9.17, 15) is 0 Å². The molecule has 2 aromatic heterocycles. The second-order valence-electron chi connectivity index (χ2n) is 15.2. The molecule has 2 unspecified atom stereocenters. The van der Waals surface area contributed by atoms with Crippen molar-refractivity contribution in [1.29, 1.82) is 0 Å². The molecule has 0 bridgehead atoms. The first kappa shape index (κ1) is 30.9. The quantitative estimate of drug-likeness (QED) is 0.184. The standard InChI is InChI=1S/C50H35N3O/c1-50(2)40-29-35(25-26-37(40)46-41(50)28-33-17-8-9-18-36(33)44(46)34-24-23-30-13-6-7-16-32(30)27-34)48-51-47(31-14-4-3-5-15-31)52-49(53-48)39-20-12-22-43-45(39)38-19-10-11-21-42(38)54-43/h3-29,44,46H,1-2H3. The Morgan fingerprint density at radius 2 is 1.24 bits per heavy atom. The molecule has 0 saturated heterocycles. The number of fused-ring (bicyclic) bond motifs is 8. The molecule has 0 aliphatic heterocycles. The van der Waals surface area contributed by atoms with E-state index < -0.39 is 0 Å². The fourth-order valence-electron chi connectivity index (χ4n) is 9.20. The van der Waals surface area contributed by atoms with Gasteiger partial charge in [0.25, 0.3) is 0 Å². The summed E-state index contributed by atoms with van der Waals surface area (Å²) >= 11 is 0. The molecule has 0 radical (unpaired) electrons. The SMILES string of the molecule is CC1(C)C2=Cc3ccccc3C(c3ccc4ccccc4c3)C2c2ccc(-c3nc(-c4ccccc4)nc(-c4cccc5oc6ccccc6c45)n3)cc21. The van der Waals surface area contributed by atoms with Crippen molar-refractivity contribution in [3.8, 4) is 34.2 Å². The maximum Gasteiger partial charge on any atom is 0.164 e. The van der Waals surface area contributed by atoms with Crippen LogP contribution in [0.2, 0.25) is 0 Å². The van der Waals surface area contributed by atoms with Crippen molar-refractivity contribution in [3.05, 3.63) is 191 Å². The van der Waals surface area contributed by atoms with Gasteiger partial charge in [0.2, 0.25) is 0 Å². The monoisotopic (exact) mass is 693 g/mol. The molecule has 0 fully saturated rings. The molecule has 54 heavy (non-hydrogen) atoms. The molecule has 2 aliphatic carbocycles. The number of rotatable bonds is 4. The predicted molar refractivity (Wildman–Crippen MR) is 219 cm³/mol. The minimum absolute atomic E-state index is 0.191. The van der Waals surface area contributed by atoms with Gasteiger partial charge in [-0.1, -0.05) is 165 Å². The third kappa shape index (κ3) is 4.66. The van der Waals surface area contributed by atoms with Gasteiger partial charge in [0.15, 0.2) is 17.5 Å². The molecule has 0 N–H and O–H groups in total. The zero-order chi connectivity index (χ0) is 36.0. The third-order valence-electron chi connectivity index (χ3n) is 11.8. The van der Waals surface area contributed by atoms with Crippen LogP contribution in [0, 0.1) is 0 Å². The lowest BCUT2D eigenvalue weighted by molar-refractivity contribution is 0.587. The number of aromatic nitrogens is 3. The molecular weight excluding hydrogens is 659 g/mol. The molecule has 0 saturated carbocycles. The number of para-hydroxylation sites is 1. The zero-order valence-corrected chi connectivity index (χ0v) is 30.0. The molecule has 9 aromatic rings. The second kappa shape index (κ2) is 11.7. The van der Waals surface area contributed by atoms with Crippen LogP contribution >= 0.6 is 0 Å². The van der Waals surface area contributed by atoms with E-state index in [0.717, 1.165) is 38.6 Å². The molecule has 0 spiro atoms. The summed E-state index contributed by atoms with van der Waals surface area (Å²) in [5.41, 5.74) is 12.5. The van der Waals surface area contributed by atoms with Crippen molar-refractivity contribution in [1.82, 2.24) is 15.0 Å². The van der Waals surface area contributed by atoms with Gasteiger partial charge in [-0.25, -0.2) is 15.0 Å². The Balaban J connectivity index is 1.10. The summed E-state index contributed by atoms with van der Waals surface area (Å²) in [6.45, 7) is 4.76. The van der Waals surface area contributed by atoms with Gasteiger partial charge in [0, 0.05) is 44.7 Å². The Bertz CT molecular complexity index is 2990. The van der Waals surface area contributed by atoms with Crippen molar-refractivity contribution in [3.63, 3.8) is 0 Å². The first-order valence-corrected chi connectivity index (χ1v) is 18.7. The number of nitrogens with zero attached hydrogens (tertiary/aromatic N) is 3. The predicted octanol–water partition coefficient (Wildman–Crippen LogP) is 12.5. The van der Waals surface area contributed by atoms with Crippen LogP contribution in [0.4, 0.5) is 0 Å². The smallest absolute Gasteiger partial charge is 0.164 e. The lowest BCUT2D eigenvalue weighted by Gasteiger charge is -2.35. The third-order valence-corrected chi connectivity index (χ3v) is 11.8. The van der Waals surface area contributed by atoms with Crippen LogP contribution in [0.25, 0.3) is 73.0 Å². The van der Waals surface area contributed by atoms with Gasteiger partial charge in [-0.3, -0.25) is 0 Å². The Morgan fingerprint density at radius 3 is 2.13 bits per heavy atom. The topological polar surface area (TPSA) is 51.8 Å². The van der Waals surface area contributed by atoms with E-state index in [1.807, 2.05) is 48.5 Å². The minimum atomic E-state index is -0.210. The number of benzene rings is 7. The normalized spacial score (nSPS) is 17.0.